The van der Waals surface area contributed by atoms with Crippen molar-refractivity contribution in [3.05, 3.63) is 0 Å². The molecule has 2 aliphatic rings. The quantitative estimate of drug-likeness (QED) is 0.473. The molecule has 4 unspecified atom stereocenters. The van der Waals surface area contributed by atoms with Crippen LogP contribution in [0.25, 0.3) is 0 Å². The van der Waals surface area contributed by atoms with E-state index in [1.807, 2.05) is 0 Å². The van der Waals surface area contributed by atoms with Gasteiger partial charge in [0.25, 0.3) is 0 Å². The summed E-state index contributed by atoms with van der Waals surface area (Å²) in [5.74, 6) is 1.99. The lowest BCUT2D eigenvalue weighted by Crippen LogP contribution is -2.47. The van der Waals surface area contributed by atoms with Crippen LogP contribution in [0.1, 0.15) is 52.9 Å². The average molecular weight is 311 g/mol. The second-order valence-corrected chi connectivity index (χ2v) is 7.09. The fraction of sp³-hybridized carbons (Fsp3) is 0.941. The second kappa shape index (κ2) is 8.73. The summed E-state index contributed by atoms with van der Waals surface area (Å²) in [4.78, 5) is 4.76. The molecule has 5 nitrogen and oxygen atoms in total. The van der Waals surface area contributed by atoms with Crippen LogP contribution in [0.3, 0.4) is 0 Å². The molecule has 2 saturated heterocycles. The molecule has 0 aromatic heterocycles. The Labute approximate surface area is 134 Å². The molecular formula is C17H33N3O2. The van der Waals surface area contributed by atoms with Crippen LogP contribution in [0, 0.1) is 11.8 Å². The highest BCUT2D eigenvalue weighted by Gasteiger charge is 2.41. The number of nitrogens with zero attached hydrogens (tertiary/aromatic N) is 1. The van der Waals surface area contributed by atoms with Crippen molar-refractivity contribution < 1.29 is 9.84 Å². The van der Waals surface area contributed by atoms with Crippen LogP contribution in [0.5, 0.6) is 0 Å². The predicted octanol–water partition coefficient (Wildman–Crippen LogP) is 1.91. The van der Waals surface area contributed by atoms with Crippen LogP contribution in [-0.4, -0.2) is 49.0 Å². The lowest BCUT2D eigenvalue weighted by molar-refractivity contribution is 0.0992. The van der Waals surface area contributed by atoms with Crippen LogP contribution < -0.4 is 10.6 Å². The molecule has 0 spiro atoms. The molecule has 0 aromatic rings. The summed E-state index contributed by atoms with van der Waals surface area (Å²) in [6.07, 6.45) is 6.23. The molecule has 128 valence electrons. The molecule has 0 aliphatic carbocycles. The number of nitrogens with one attached hydrogen (secondary N) is 2. The van der Waals surface area contributed by atoms with Gasteiger partial charge in [-0.1, -0.05) is 13.8 Å². The molecule has 2 heterocycles. The molecule has 2 bridgehead atoms. The molecule has 22 heavy (non-hydrogen) atoms. The monoisotopic (exact) mass is 311 g/mol. The Bertz CT molecular complexity index is 360. The fourth-order valence-electron chi connectivity index (χ4n) is 3.64. The van der Waals surface area contributed by atoms with E-state index in [9.17, 15) is 5.11 Å². The summed E-state index contributed by atoms with van der Waals surface area (Å²) >= 11 is 0. The van der Waals surface area contributed by atoms with Crippen molar-refractivity contribution >= 4 is 5.96 Å². The van der Waals surface area contributed by atoms with E-state index in [0.717, 1.165) is 38.3 Å². The summed E-state index contributed by atoms with van der Waals surface area (Å²) in [5, 5.41) is 16.1. The predicted molar refractivity (Wildman–Crippen MR) is 90.1 cm³/mol. The first-order chi connectivity index (χ1) is 10.6. The Kier molecular flexibility index (Phi) is 6.96. The Morgan fingerprint density at radius 3 is 2.73 bits per heavy atom. The fourth-order valence-corrected chi connectivity index (χ4v) is 3.64. The van der Waals surface area contributed by atoms with Gasteiger partial charge in [0.1, 0.15) is 0 Å². The van der Waals surface area contributed by atoms with Crippen LogP contribution in [0.4, 0.5) is 0 Å². The van der Waals surface area contributed by atoms with Crippen LogP contribution in [-0.2, 0) is 4.74 Å². The summed E-state index contributed by atoms with van der Waals surface area (Å²) in [7, 11) is 0. The maximum atomic E-state index is 9.22. The van der Waals surface area contributed by atoms with Crippen molar-refractivity contribution in [1.29, 1.82) is 0 Å². The first-order valence-corrected chi connectivity index (χ1v) is 8.93. The zero-order chi connectivity index (χ0) is 15.9. The molecule has 5 heteroatoms. The van der Waals surface area contributed by atoms with Gasteiger partial charge >= 0.3 is 0 Å². The molecule has 0 radical (unpaired) electrons. The number of hydrogen-bond donors (Lipinski definition) is 3. The summed E-state index contributed by atoms with van der Waals surface area (Å²) in [6, 6.07) is 0.401. The van der Waals surface area contributed by atoms with Gasteiger partial charge in [-0.15, -0.1) is 0 Å². The maximum Gasteiger partial charge on any atom is 0.191 e. The second-order valence-electron chi connectivity index (χ2n) is 7.09. The van der Waals surface area contributed by atoms with Crippen LogP contribution in [0.2, 0.25) is 0 Å². The van der Waals surface area contributed by atoms with Gasteiger partial charge in [0.2, 0.25) is 0 Å². The zero-order valence-electron chi connectivity index (χ0n) is 14.3. The highest BCUT2D eigenvalue weighted by Crippen LogP contribution is 2.34. The molecule has 2 rings (SSSR count). The van der Waals surface area contributed by atoms with E-state index in [0.29, 0.717) is 30.1 Å². The molecular weight excluding hydrogens is 278 g/mol. The van der Waals surface area contributed by atoms with Gasteiger partial charge in [0, 0.05) is 19.7 Å². The standard InChI is InChI=1S/C17H33N3O2/c1-4-18-17(19-11-13(7-8-21)9-12(2)3)20-15-10-14-5-6-16(15)22-14/h12-16,21H,4-11H2,1-3H3,(H2,18,19,20). The number of aliphatic hydroxyl groups is 1. The normalized spacial score (nSPS) is 29.1. The van der Waals surface area contributed by atoms with Crippen molar-refractivity contribution in [2.24, 2.45) is 16.8 Å². The molecule has 0 saturated carbocycles. The summed E-state index contributed by atoms with van der Waals surface area (Å²) < 4.78 is 5.90. The molecule has 3 N–H and O–H groups in total. The van der Waals surface area contributed by atoms with E-state index in [-0.39, 0.29) is 6.61 Å². The molecule has 2 fully saturated rings. The van der Waals surface area contributed by atoms with E-state index >= 15 is 0 Å². The smallest absolute Gasteiger partial charge is 0.191 e. The van der Waals surface area contributed by atoms with Gasteiger partial charge in [0.05, 0.1) is 18.2 Å². The topological polar surface area (TPSA) is 65.9 Å². The SMILES string of the molecule is CCNC(=NCC(CCO)CC(C)C)NC1CC2CCC1O2. The molecule has 0 aromatic carbocycles. The third kappa shape index (κ3) is 5.13. The third-order valence-electron chi connectivity index (χ3n) is 4.62. The van der Waals surface area contributed by atoms with Crippen molar-refractivity contribution in [2.45, 2.75) is 71.1 Å². The number of aliphatic hydroxyl groups excluding tert-OH is 1. The third-order valence-corrected chi connectivity index (χ3v) is 4.62. The van der Waals surface area contributed by atoms with Gasteiger partial charge in [-0.2, -0.15) is 0 Å². The van der Waals surface area contributed by atoms with Crippen molar-refractivity contribution in [2.75, 3.05) is 19.7 Å². The van der Waals surface area contributed by atoms with Gasteiger partial charge in [-0.25, -0.2) is 0 Å². The highest BCUT2D eigenvalue weighted by molar-refractivity contribution is 5.80. The summed E-state index contributed by atoms with van der Waals surface area (Å²) in [6.45, 7) is 8.43. The summed E-state index contributed by atoms with van der Waals surface area (Å²) in [5.41, 5.74) is 0. The van der Waals surface area contributed by atoms with E-state index in [4.69, 9.17) is 9.73 Å². The number of ether oxygens (including phenoxy) is 1. The van der Waals surface area contributed by atoms with Gasteiger partial charge in [-0.3, -0.25) is 4.99 Å². The van der Waals surface area contributed by atoms with Gasteiger partial charge in [-0.05, 0) is 50.9 Å². The maximum absolute atomic E-state index is 9.22. The van der Waals surface area contributed by atoms with E-state index < -0.39 is 0 Å². The number of guanidine groups is 1. The molecule has 4 atom stereocenters. The number of rotatable bonds is 8. The van der Waals surface area contributed by atoms with Crippen LogP contribution >= 0.6 is 0 Å². The Morgan fingerprint density at radius 1 is 1.36 bits per heavy atom. The number of hydrogen-bond acceptors (Lipinski definition) is 3. The lowest BCUT2D eigenvalue weighted by atomic mass is 9.94. The minimum absolute atomic E-state index is 0.247. The zero-order valence-corrected chi connectivity index (χ0v) is 14.3. The first kappa shape index (κ1) is 17.5. The van der Waals surface area contributed by atoms with E-state index in [1.54, 1.807) is 0 Å². The average Bonchev–Trinajstić information content (AvgIpc) is 3.07. The molecule has 0 amide bonds. The van der Waals surface area contributed by atoms with Crippen LogP contribution in [0.15, 0.2) is 4.99 Å². The first-order valence-electron chi connectivity index (χ1n) is 8.93. The van der Waals surface area contributed by atoms with Crippen molar-refractivity contribution in [1.82, 2.24) is 10.6 Å². The Morgan fingerprint density at radius 2 is 2.18 bits per heavy atom. The van der Waals surface area contributed by atoms with Crippen molar-refractivity contribution in [3.8, 4) is 0 Å². The van der Waals surface area contributed by atoms with E-state index in [1.165, 1.54) is 12.8 Å². The largest absolute Gasteiger partial charge is 0.396 e. The van der Waals surface area contributed by atoms with Crippen molar-refractivity contribution in [3.63, 3.8) is 0 Å². The van der Waals surface area contributed by atoms with Gasteiger partial charge < -0.3 is 20.5 Å². The molecule has 2 aliphatic heterocycles. The lowest BCUT2D eigenvalue weighted by Gasteiger charge is -2.23. The Balaban J connectivity index is 1.87. The minimum atomic E-state index is 0.247. The minimum Gasteiger partial charge on any atom is -0.396 e. The van der Waals surface area contributed by atoms with Gasteiger partial charge in [0.15, 0.2) is 5.96 Å². The van der Waals surface area contributed by atoms with E-state index in [2.05, 4.69) is 31.4 Å². The highest BCUT2D eigenvalue weighted by atomic mass is 16.5. The Hall–Kier alpha value is -0.810. The number of fused-ring (bicyclic) bond motifs is 2. The number of aliphatic imine (C=N–C) groups is 1.